The van der Waals surface area contributed by atoms with Crippen LogP contribution < -0.4 is 20.3 Å². The minimum Gasteiger partial charge on any atom is -0.490 e. The Labute approximate surface area is 183 Å². The van der Waals surface area contributed by atoms with Gasteiger partial charge in [-0.3, -0.25) is 9.78 Å². The number of likely N-dealkylation sites (N-methyl/N-ethyl adjacent to an activating group) is 1. The topological polar surface area (TPSA) is 92.3 Å². The number of nitrogens with one attached hydrogen (secondary N) is 2. The second-order valence-electron chi connectivity index (χ2n) is 8.55. The van der Waals surface area contributed by atoms with E-state index in [0.717, 1.165) is 12.3 Å². The zero-order valence-electron chi connectivity index (χ0n) is 18.2. The Hall–Kier alpha value is -3.11. The number of alkyl halides is 3. The number of rotatable bonds is 5. The van der Waals surface area contributed by atoms with E-state index in [1.54, 1.807) is 0 Å². The lowest BCUT2D eigenvalue weighted by atomic mass is 9.89. The fourth-order valence-corrected chi connectivity index (χ4v) is 4.07. The number of aryl methyl sites for hydroxylation is 1. The summed E-state index contributed by atoms with van der Waals surface area (Å²) in [4.78, 5) is 26.7. The molecule has 32 heavy (non-hydrogen) atoms. The first-order valence-electron chi connectivity index (χ1n) is 10.4. The van der Waals surface area contributed by atoms with E-state index in [9.17, 15) is 18.0 Å². The Balaban J connectivity index is 1.40. The maximum absolute atomic E-state index is 12.8. The average Bonchev–Trinajstić information content (AvgIpc) is 2.66. The summed E-state index contributed by atoms with van der Waals surface area (Å²) in [5.74, 6) is 1.27. The summed E-state index contributed by atoms with van der Waals surface area (Å²) in [6.45, 7) is 5.77. The molecule has 0 radical (unpaired) electrons. The van der Waals surface area contributed by atoms with Crippen molar-refractivity contribution in [2.75, 3.05) is 22.6 Å². The summed E-state index contributed by atoms with van der Waals surface area (Å²) in [5.41, 5.74) is 0.286. The molecule has 0 bridgehead atoms. The van der Waals surface area contributed by atoms with Gasteiger partial charge in [-0.15, -0.1) is 0 Å². The second kappa shape index (κ2) is 8.10. The molecular formula is C21H25F3N6O2. The molecule has 0 aromatic carbocycles. The van der Waals surface area contributed by atoms with Gasteiger partial charge >= 0.3 is 6.18 Å². The third-order valence-electron chi connectivity index (χ3n) is 5.72. The summed E-state index contributed by atoms with van der Waals surface area (Å²) >= 11 is 0. The predicted molar refractivity (Wildman–Crippen MR) is 113 cm³/mol. The van der Waals surface area contributed by atoms with Gasteiger partial charge in [-0.05, 0) is 18.9 Å². The second-order valence-corrected chi connectivity index (χ2v) is 8.55. The standard InChI is InChI=1S/C21H25F3N6O2/c1-10(2)17-19(31)28-16-11(3)26-20(29-18(16)30(17)4)27-12-7-14(8-12)32-13-5-6-25-15(9-13)21(22,23)24/h5-6,9-10,12,14,17H,7-8H2,1-4H3,(H,28,31)(H,26,27,29)/t12?,14?,17-/m0/s1. The number of nitrogens with zero attached hydrogens (tertiary/aromatic N) is 4. The van der Waals surface area contributed by atoms with Crippen LogP contribution in [0.2, 0.25) is 0 Å². The van der Waals surface area contributed by atoms with E-state index in [0.29, 0.717) is 36.0 Å². The number of carbonyl (C=O) groups is 1. The van der Waals surface area contributed by atoms with Crippen molar-refractivity contribution in [1.29, 1.82) is 0 Å². The average molecular weight is 450 g/mol. The number of hydrogen-bond donors (Lipinski definition) is 2. The highest BCUT2D eigenvalue weighted by Gasteiger charge is 2.37. The van der Waals surface area contributed by atoms with Crippen molar-refractivity contribution in [2.45, 2.75) is 58.0 Å². The third kappa shape index (κ3) is 4.28. The Kier molecular flexibility index (Phi) is 5.59. The Bertz CT molecular complexity index is 1020. The largest absolute Gasteiger partial charge is 0.490 e. The number of halogens is 3. The van der Waals surface area contributed by atoms with Crippen LogP contribution in [-0.4, -0.2) is 46.1 Å². The quantitative estimate of drug-likeness (QED) is 0.719. The lowest BCUT2D eigenvalue weighted by molar-refractivity contribution is -0.141. The first-order chi connectivity index (χ1) is 15.0. The molecule has 3 heterocycles. The molecule has 1 amide bonds. The van der Waals surface area contributed by atoms with Gasteiger partial charge in [0, 0.05) is 38.2 Å². The molecule has 8 nitrogen and oxygen atoms in total. The van der Waals surface area contributed by atoms with E-state index in [4.69, 9.17) is 4.74 Å². The number of carbonyl (C=O) groups excluding carboxylic acids is 1. The maximum atomic E-state index is 12.8. The van der Waals surface area contributed by atoms with E-state index in [2.05, 4.69) is 25.6 Å². The zero-order valence-corrected chi connectivity index (χ0v) is 18.2. The first kappa shape index (κ1) is 22.1. The van der Waals surface area contributed by atoms with Crippen molar-refractivity contribution in [1.82, 2.24) is 15.0 Å². The third-order valence-corrected chi connectivity index (χ3v) is 5.72. The highest BCUT2D eigenvalue weighted by molar-refractivity contribution is 6.03. The number of ether oxygens (including phenoxy) is 1. The van der Waals surface area contributed by atoms with Gasteiger partial charge in [0.2, 0.25) is 11.9 Å². The van der Waals surface area contributed by atoms with Crippen molar-refractivity contribution in [3.05, 3.63) is 29.7 Å². The Morgan fingerprint density at radius 3 is 2.66 bits per heavy atom. The van der Waals surface area contributed by atoms with Crippen LogP contribution in [0.4, 0.5) is 30.6 Å². The molecule has 2 aromatic heterocycles. The molecule has 1 aliphatic heterocycles. The highest BCUT2D eigenvalue weighted by atomic mass is 19.4. The van der Waals surface area contributed by atoms with Gasteiger partial charge in [-0.2, -0.15) is 18.2 Å². The molecule has 2 aliphatic rings. The van der Waals surface area contributed by atoms with E-state index in [1.165, 1.54) is 6.07 Å². The van der Waals surface area contributed by atoms with Gasteiger partial charge in [0.05, 0.1) is 5.69 Å². The molecule has 1 atom stereocenters. The Morgan fingerprint density at radius 1 is 1.28 bits per heavy atom. The molecule has 0 spiro atoms. The van der Waals surface area contributed by atoms with Crippen LogP contribution in [0.3, 0.4) is 0 Å². The molecule has 2 aromatic rings. The zero-order chi connectivity index (χ0) is 23.2. The van der Waals surface area contributed by atoms with Crippen LogP contribution in [0, 0.1) is 12.8 Å². The molecule has 1 saturated carbocycles. The smallest absolute Gasteiger partial charge is 0.433 e. The minimum absolute atomic E-state index is 0.0331. The number of amides is 1. The van der Waals surface area contributed by atoms with Crippen molar-refractivity contribution >= 4 is 23.4 Å². The molecule has 0 saturated heterocycles. The summed E-state index contributed by atoms with van der Waals surface area (Å²) in [7, 11) is 1.84. The van der Waals surface area contributed by atoms with Crippen LogP contribution in [0.25, 0.3) is 0 Å². The van der Waals surface area contributed by atoms with Crippen molar-refractivity contribution in [3.63, 3.8) is 0 Å². The molecule has 4 rings (SSSR count). The van der Waals surface area contributed by atoms with Crippen LogP contribution in [0.15, 0.2) is 18.3 Å². The molecule has 1 fully saturated rings. The van der Waals surface area contributed by atoms with Gasteiger partial charge in [0.25, 0.3) is 0 Å². The summed E-state index contributed by atoms with van der Waals surface area (Å²) in [6, 6.07) is 2.03. The molecule has 11 heteroatoms. The molecule has 172 valence electrons. The number of anilines is 3. The monoisotopic (exact) mass is 450 g/mol. The van der Waals surface area contributed by atoms with Gasteiger partial charge < -0.3 is 20.3 Å². The van der Waals surface area contributed by atoms with Gasteiger partial charge in [-0.25, -0.2) is 4.98 Å². The fourth-order valence-electron chi connectivity index (χ4n) is 4.07. The number of aromatic nitrogens is 3. The van der Waals surface area contributed by atoms with Crippen molar-refractivity contribution in [3.8, 4) is 5.75 Å². The number of hydrogen-bond acceptors (Lipinski definition) is 7. The lowest BCUT2D eigenvalue weighted by Crippen LogP contribution is -2.50. The van der Waals surface area contributed by atoms with Crippen molar-refractivity contribution < 1.29 is 22.7 Å². The van der Waals surface area contributed by atoms with Gasteiger partial charge in [0.1, 0.15) is 29.3 Å². The summed E-state index contributed by atoms with van der Waals surface area (Å²) in [6.07, 6.45) is -2.42. The maximum Gasteiger partial charge on any atom is 0.433 e. The molecule has 1 aliphatic carbocycles. The highest BCUT2D eigenvalue weighted by Crippen LogP contribution is 2.36. The molecule has 2 N–H and O–H groups in total. The van der Waals surface area contributed by atoms with Gasteiger partial charge in [-0.1, -0.05) is 13.8 Å². The first-order valence-corrected chi connectivity index (χ1v) is 10.4. The number of fused-ring (bicyclic) bond motifs is 1. The minimum atomic E-state index is -4.51. The van der Waals surface area contributed by atoms with Crippen LogP contribution in [0.1, 0.15) is 38.1 Å². The van der Waals surface area contributed by atoms with E-state index >= 15 is 0 Å². The van der Waals surface area contributed by atoms with Crippen LogP contribution in [-0.2, 0) is 11.0 Å². The molecular weight excluding hydrogens is 425 g/mol. The van der Waals surface area contributed by atoms with Gasteiger partial charge in [0.15, 0.2) is 5.82 Å². The normalized spacial score (nSPS) is 22.8. The molecule has 0 unspecified atom stereocenters. The fraction of sp³-hybridized carbons (Fsp3) is 0.524. The summed E-state index contributed by atoms with van der Waals surface area (Å²) in [5, 5.41) is 6.17. The van der Waals surface area contributed by atoms with E-state index in [1.807, 2.05) is 32.7 Å². The SMILES string of the molecule is Cc1nc(NC2CC(Oc3ccnc(C(F)(F)F)c3)C2)nc2c1NC(=O)[C@H](C(C)C)N2C. The van der Waals surface area contributed by atoms with E-state index < -0.39 is 11.9 Å². The predicted octanol–water partition coefficient (Wildman–Crippen LogP) is 3.63. The van der Waals surface area contributed by atoms with Crippen LogP contribution in [0.5, 0.6) is 5.75 Å². The van der Waals surface area contributed by atoms with Crippen LogP contribution >= 0.6 is 0 Å². The Morgan fingerprint density at radius 2 is 2.00 bits per heavy atom. The van der Waals surface area contributed by atoms with E-state index in [-0.39, 0.29) is 35.8 Å². The summed E-state index contributed by atoms with van der Waals surface area (Å²) < 4.78 is 44.1. The number of pyridine rings is 1. The van der Waals surface area contributed by atoms with Crippen molar-refractivity contribution in [2.24, 2.45) is 5.92 Å². The lowest BCUT2D eigenvalue weighted by Gasteiger charge is -2.38.